The van der Waals surface area contributed by atoms with E-state index in [0.29, 0.717) is 0 Å². The van der Waals surface area contributed by atoms with Gasteiger partial charge in [0.1, 0.15) is 0 Å². The Balaban J connectivity index is 2.07. The van der Waals surface area contributed by atoms with Gasteiger partial charge in [0.05, 0.1) is 29.1 Å². The molecule has 0 bridgehead atoms. The molecule has 0 saturated carbocycles. The average Bonchev–Trinajstić information content (AvgIpc) is 2.76. The summed E-state index contributed by atoms with van der Waals surface area (Å²) in [6.07, 6.45) is 1.14. The van der Waals surface area contributed by atoms with E-state index in [1.165, 1.54) is 0 Å². The van der Waals surface area contributed by atoms with Crippen molar-refractivity contribution in [3.05, 3.63) is 16.4 Å². The number of likely N-dealkylation sites (N-methyl/N-ethyl adjacent to an activating group) is 1. The van der Waals surface area contributed by atoms with E-state index in [9.17, 15) is 0 Å². The van der Waals surface area contributed by atoms with Gasteiger partial charge in [0.2, 0.25) is 0 Å². The summed E-state index contributed by atoms with van der Waals surface area (Å²) in [4.78, 5) is 2.40. The number of nitrogens with one attached hydrogen (secondary N) is 1. The molecule has 114 valence electrons. The quantitative estimate of drug-likeness (QED) is 0.865. The minimum absolute atomic E-state index is 0.260. The van der Waals surface area contributed by atoms with Crippen molar-refractivity contribution in [2.75, 3.05) is 33.3 Å². The van der Waals surface area contributed by atoms with Gasteiger partial charge < -0.3 is 10.1 Å². The van der Waals surface area contributed by atoms with Gasteiger partial charge in [0.15, 0.2) is 0 Å². The highest BCUT2D eigenvalue weighted by atomic mass is 35.5. The zero-order valence-electron chi connectivity index (χ0n) is 12.7. The number of aromatic nitrogens is 2. The molecule has 1 aliphatic rings. The van der Waals surface area contributed by atoms with E-state index in [0.717, 1.165) is 62.2 Å². The van der Waals surface area contributed by atoms with Crippen molar-refractivity contribution >= 4 is 11.6 Å². The molecule has 2 rings (SSSR count). The van der Waals surface area contributed by atoms with Crippen molar-refractivity contribution in [3.8, 4) is 0 Å². The highest BCUT2D eigenvalue weighted by molar-refractivity contribution is 6.31. The number of ether oxygens (including phenoxy) is 1. The highest BCUT2D eigenvalue weighted by Crippen LogP contribution is 2.23. The molecular formula is C14H25ClN4O. The van der Waals surface area contributed by atoms with E-state index < -0.39 is 0 Å². The monoisotopic (exact) mass is 300 g/mol. The number of nitrogens with zero attached hydrogens (tertiary/aromatic N) is 3. The van der Waals surface area contributed by atoms with Crippen molar-refractivity contribution in [1.29, 1.82) is 0 Å². The third-order valence-electron chi connectivity index (χ3n) is 3.72. The van der Waals surface area contributed by atoms with Crippen LogP contribution in [-0.4, -0.2) is 54.1 Å². The van der Waals surface area contributed by atoms with Gasteiger partial charge in [-0.15, -0.1) is 0 Å². The molecule has 0 aromatic carbocycles. The molecule has 0 aliphatic carbocycles. The number of hydrogen-bond acceptors (Lipinski definition) is 4. The Morgan fingerprint density at radius 1 is 1.45 bits per heavy atom. The zero-order chi connectivity index (χ0) is 14.5. The van der Waals surface area contributed by atoms with Gasteiger partial charge >= 0.3 is 0 Å². The van der Waals surface area contributed by atoms with Crippen molar-refractivity contribution in [1.82, 2.24) is 20.0 Å². The maximum Gasteiger partial charge on any atom is 0.0863 e. The number of hydrogen-bond donors (Lipinski definition) is 1. The lowest BCUT2D eigenvalue weighted by molar-refractivity contribution is -0.0298. The molecule has 5 nitrogen and oxygen atoms in total. The molecule has 0 spiro atoms. The summed E-state index contributed by atoms with van der Waals surface area (Å²) >= 11 is 6.47. The van der Waals surface area contributed by atoms with E-state index in [2.05, 4.69) is 29.2 Å². The summed E-state index contributed by atoms with van der Waals surface area (Å²) in [6, 6.07) is 0. The third kappa shape index (κ3) is 3.52. The molecule has 6 heteroatoms. The molecule has 0 amide bonds. The molecule has 0 radical (unpaired) electrons. The highest BCUT2D eigenvalue weighted by Gasteiger charge is 2.23. The SMILES string of the molecule is CCc1nn(CC)c(CN2CCOC(CNC)C2)c1Cl. The Hall–Kier alpha value is -0.620. The maximum absolute atomic E-state index is 6.47. The Kier molecular flexibility index (Phi) is 5.84. The van der Waals surface area contributed by atoms with Gasteiger partial charge in [-0.05, 0) is 20.4 Å². The fourth-order valence-electron chi connectivity index (χ4n) is 2.66. The normalized spacial score (nSPS) is 20.5. The molecule has 20 heavy (non-hydrogen) atoms. The Bertz CT molecular complexity index is 433. The van der Waals surface area contributed by atoms with Gasteiger partial charge in [-0.2, -0.15) is 5.10 Å². The van der Waals surface area contributed by atoms with Crippen LogP contribution in [0.15, 0.2) is 0 Å². The molecule has 2 heterocycles. The molecule has 1 aromatic heterocycles. The fourth-order valence-corrected chi connectivity index (χ4v) is 2.98. The van der Waals surface area contributed by atoms with Crippen molar-refractivity contribution in [2.24, 2.45) is 0 Å². The topological polar surface area (TPSA) is 42.3 Å². The van der Waals surface area contributed by atoms with Gasteiger partial charge in [0, 0.05) is 32.7 Å². The predicted molar refractivity (Wildman–Crippen MR) is 81.2 cm³/mol. The van der Waals surface area contributed by atoms with Crippen LogP contribution in [0.4, 0.5) is 0 Å². The lowest BCUT2D eigenvalue weighted by atomic mass is 10.2. The van der Waals surface area contributed by atoms with Crippen LogP contribution in [0.5, 0.6) is 0 Å². The van der Waals surface area contributed by atoms with E-state index >= 15 is 0 Å². The Morgan fingerprint density at radius 3 is 2.90 bits per heavy atom. The smallest absolute Gasteiger partial charge is 0.0863 e. The maximum atomic E-state index is 6.47. The second kappa shape index (κ2) is 7.41. The standard InChI is InChI=1S/C14H25ClN4O/c1-4-12-14(15)13(19(5-2)17-12)10-18-6-7-20-11(9-18)8-16-3/h11,16H,4-10H2,1-3H3. The van der Waals surface area contributed by atoms with E-state index in [1.54, 1.807) is 0 Å². The summed E-state index contributed by atoms with van der Waals surface area (Å²) in [5, 5.41) is 8.59. The van der Waals surface area contributed by atoms with Crippen molar-refractivity contribution in [3.63, 3.8) is 0 Å². The third-order valence-corrected chi connectivity index (χ3v) is 4.16. The van der Waals surface area contributed by atoms with E-state index in [-0.39, 0.29) is 6.10 Å². The van der Waals surface area contributed by atoms with Gasteiger partial charge in [-0.25, -0.2) is 0 Å². The van der Waals surface area contributed by atoms with Crippen LogP contribution in [0, 0.1) is 0 Å². The van der Waals surface area contributed by atoms with Gasteiger partial charge in [-0.3, -0.25) is 9.58 Å². The summed E-state index contributed by atoms with van der Waals surface area (Å²) in [6.45, 7) is 9.47. The molecule has 1 unspecified atom stereocenters. The van der Waals surface area contributed by atoms with Crippen molar-refractivity contribution < 1.29 is 4.74 Å². The first kappa shape index (κ1) is 15.8. The summed E-state index contributed by atoms with van der Waals surface area (Å²) in [5.41, 5.74) is 2.14. The largest absolute Gasteiger partial charge is 0.374 e. The number of rotatable bonds is 6. The van der Waals surface area contributed by atoms with Crippen LogP contribution in [0.25, 0.3) is 0 Å². The first-order chi connectivity index (χ1) is 9.69. The Labute approximate surface area is 126 Å². The predicted octanol–water partition coefficient (Wildman–Crippen LogP) is 1.54. The van der Waals surface area contributed by atoms with Crippen LogP contribution in [0.3, 0.4) is 0 Å². The van der Waals surface area contributed by atoms with Crippen molar-refractivity contribution in [2.45, 2.75) is 39.5 Å². The lowest BCUT2D eigenvalue weighted by Crippen LogP contribution is -2.45. The first-order valence-electron chi connectivity index (χ1n) is 7.42. The van der Waals surface area contributed by atoms with Crippen LogP contribution < -0.4 is 5.32 Å². The molecule has 1 aromatic rings. The van der Waals surface area contributed by atoms with Gasteiger partial charge in [-0.1, -0.05) is 18.5 Å². The molecular weight excluding hydrogens is 276 g/mol. The average molecular weight is 301 g/mol. The van der Waals surface area contributed by atoms with Crippen LogP contribution in [-0.2, 0) is 24.2 Å². The molecule has 1 saturated heterocycles. The summed E-state index contributed by atoms with van der Waals surface area (Å²) < 4.78 is 7.77. The Morgan fingerprint density at radius 2 is 2.25 bits per heavy atom. The van der Waals surface area contributed by atoms with E-state index in [1.807, 2.05) is 11.7 Å². The van der Waals surface area contributed by atoms with E-state index in [4.69, 9.17) is 16.3 Å². The number of halogens is 1. The number of aryl methyl sites for hydroxylation is 2. The molecule has 1 aliphatic heterocycles. The summed E-state index contributed by atoms with van der Waals surface area (Å²) in [5.74, 6) is 0. The minimum atomic E-state index is 0.260. The van der Waals surface area contributed by atoms with Crippen LogP contribution >= 0.6 is 11.6 Å². The zero-order valence-corrected chi connectivity index (χ0v) is 13.4. The van der Waals surface area contributed by atoms with Crippen LogP contribution in [0.2, 0.25) is 5.02 Å². The molecule has 1 atom stereocenters. The number of morpholine rings is 1. The lowest BCUT2D eigenvalue weighted by Gasteiger charge is -2.32. The molecule has 1 N–H and O–H groups in total. The van der Waals surface area contributed by atoms with Crippen LogP contribution in [0.1, 0.15) is 25.2 Å². The minimum Gasteiger partial charge on any atom is -0.374 e. The summed E-state index contributed by atoms with van der Waals surface area (Å²) in [7, 11) is 1.96. The molecule has 1 fully saturated rings. The second-order valence-corrected chi connectivity index (χ2v) is 5.54. The van der Waals surface area contributed by atoms with Gasteiger partial charge in [0.25, 0.3) is 0 Å². The second-order valence-electron chi connectivity index (χ2n) is 5.16. The first-order valence-corrected chi connectivity index (χ1v) is 7.79. The fraction of sp³-hybridized carbons (Fsp3) is 0.786.